The molecule has 4 heteroatoms. The molecule has 0 spiro atoms. The Morgan fingerprint density at radius 3 is 2.57 bits per heavy atom. The van der Waals surface area contributed by atoms with E-state index in [1.165, 1.54) is 22.0 Å². The molecule has 0 aliphatic heterocycles. The van der Waals surface area contributed by atoms with Crippen LogP contribution < -0.4 is 5.32 Å². The van der Waals surface area contributed by atoms with Gasteiger partial charge in [-0.2, -0.15) is 0 Å². The fraction of sp³-hybridized carbons (Fsp3) is 0.125. The predicted octanol–water partition coefficient (Wildman–Crippen LogP) is 5.73. The molecule has 1 N–H and O–H groups in total. The van der Waals surface area contributed by atoms with Gasteiger partial charge in [0.1, 0.15) is 0 Å². The zero-order valence-electron chi connectivity index (χ0n) is 15.8. The molecule has 1 heterocycles. The molecule has 0 saturated carbocycles. The molecular weight excluding hydrogens is 364 g/mol. The minimum atomic E-state index is 0.00622. The number of rotatable bonds is 6. The monoisotopic (exact) mass is 386 g/mol. The molecule has 0 aliphatic carbocycles. The van der Waals surface area contributed by atoms with Crippen molar-refractivity contribution in [2.75, 3.05) is 11.1 Å². The Morgan fingerprint density at radius 1 is 0.964 bits per heavy atom. The first-order valence-electron chi connectivity index (χ1n) is 9.30. The Kier molecular flexibility index (Phi) is 5.49. The van der Waals surface area contributed by atoms with Crippen LogP contribution in [0.5, 0.6) is 0 Å². The van der Waals surface area contributed by atoms with E-state index in [1.54, 1.807) is 11.8 Å². The predicted molar refractivity (Wildman–Crippen MR) is 118 cm³/mol. The van der Waals surface area contributed by atoms with Crippen LogP contribution >= 0.6 is 11.8 Å². The highest BCUT2D eigenvalue weighted by molar-refractivity contribution is 8.00. The van der Waals surface area contributed by atoms with Gasteiger partial charge < -0.3 is 9.88 Å². The van der Waals surface area contributed by atoms with E-state index in [9.17, 15) is 4.79 Å². The third-order valence-corrected chi connectivity index (χ3v) is 5.65. The molecule has 0 atom stereocenters. The van der Waals surface area contributed by atoms with Crippen molar-refractivity contribution in [3.63, 3.8) is 0 Å². The first kappa shape index (κ1) is 18.4. The maximum absolute atomic E-state index is 12.3. The highest BCUT2D eigenvalue weighted by Crippen LogP contribution is 2.30. The van der Waals surface area contributed by atoms with Crippen molar-refractivity contribution in [3.05, 3.63) is 96.2 Å². The van der Waals surface area contributed by atoms with Crippen molar-refractivity contribution in [2.24, 2.45) is 0 Å². The lowest BCUT2D eigenvalue weighted by Gasteiger charge is -2.06. The van der Waals surface area contributed by atoms with E-state index in [-0.39, 0.29) is 5.91 Å². The third kappa shape index (κ3) is 4.29. The van der Waals surface area contributed by atoms with Crippen molar-refractivity contribution in [3.8, 4) is 0 Å². The molecule has 0 fully saturated rings. The molecule has 4 rings (SSSR count). The van der Waals surface area contributed by atoms with Gasteiger partial charge in [-0.25, -0.2) is 0 Å². The first-order chi connectivity index (χ1) is 13.7. The summed E-state index contributed by atoms with van der Waals surface area (Å²) >= 11 is 1.58. The standard InChI is InChI=1S/C24H22N2OS/c1-18-8-7-9-19(14-18)15-26-16-23(21-12-5-6-13-22(21)26)28-17-24(27)25-20-10-3-2-4-11-20/h2-14,16H,15,17H2,1H3,(H,25,27). The van der Waals surface area contributed by atoms with Gasteiger partial charge in [-0.3, -0.25) is 4.79 Å². The smallest absolute Gasteiger partial charge is 0.234 e. The van der Waals surface area contributed by atoms with Crippen LogP contribution in [0.4, 0.5) is 5.69 Å². The Hall–Kier alpha value is -2.98. The Bertz CT molecular complexity index is 1100. The molecule has 0 radical (unpaired) electrons. The molecule has 1 amide bonds. The summed E-state index contributed by atoms with van der Waals surface area (Å²) in [5.41, 5.74) is 4.56. The Balaban J connectivity index is 1.52. The summed E-state index contributed by atoms with van der Waals surface area (Å²) in [6.45, 7) is 2.93. The zero-order valence-corrected chi connectivity index (χ0v) is 16.6. The number of hydrogen-bond acceptors (Lipinski definition) is 2. The second-order valence-corrected chi connectivity index (χ2v) is 7.85. The summed E-state index contributed by atoms with van der Waals surface area (Å²) < 4.78 is 2.27. The summed E-state index contributed by atoms with van der Waals surface area (Å²) in [6, 6.07) is 26.5. The van der Waals surface area contributed by atoms with Gasteiger partial charge in [0, 0.05) is 34.2 Å². The largest absolute Gasteiger partial charge is 0.342 e. The number of amides is 1. The topological polar surface area (TPSA) is 34.0 Å². The molecule has 4 aromatic rings. The number of aromatic nitrogens is 1. The van der Waals surface area contributed by atoms with Crippen LogP contribution in [0.25, 0.3) is 10.9 Å². The normalized spacial score (nSPS) is 10.9. The number of nitrogens with one attached hydrogen (secondary N) is 1. The van der Waals surface area contributed by atoms with Crippen LogP contribution in [-0.2, 0) is 11.3 Å². The molecule has 28 heavy (non-hydrogen) atoms. The fourth-order valence-electron chi connectivity index (χ4n) is 3.33. The molecule has 0 saturated heterocycles. The molecule has 1 aromatic heterocycles. The highest BCUT2D eigenvalue weighted by Gasteiger charge is 2.11. The quantitative estimate of drug-likeness (QED) is 0.430. The number of thioether (sulfide) groups is 1. The van der Waals surface area contributed by atoms with Crippen molar-refractivity contribution in [1.29, 1.82) is 0 Å². The molecule has 140 valence electrons. The van der Waals surface area contributed by atoms with Gasteiger partial charge in [0.05, 0.1) is 5.75 Å². The van der Waals surface area contributed by atoms with Crippen molar-refractivity contribution < 1.29 is 4.79 Å². The number of anilines is 1. The number of benzene rings is 3. The maximum Gasteiger partial charge on any atom is 0.234 e. The average Bonchev–Trinajstić information content (AvgIpc) is 3.05. The molecule has 3 aromatic carbocycles. The van der Waals surface area contributed by atoms with Gasteiger partial charge in [0.2, 0.25) is 5.91 Å². The van der Waals surface area contributed by atoms with Crippen molar-refractivity contribution in [2.45, 2.75) is 18.4 Å². The molecular formula is C24H22N2OS. The van der Waals surface area contributed by atoms with Gasteiger partial charge in [-0.15, -0.1) is 11.8 Å². The third-order valence-electron chi connectivity index (χ3n) is 4.60. The van der Waals surface area contributed by atoms with E-state index in [1.807, 2.05) is 36.4 Å². The number of para-hydroxylation sites is 2. The highest BCUT2D eigenvalue weighted by atomic mass is 32.2. The van der Waals surface area contributed by atoms with E-state index >= 15 is 0 Å². The van der Waals surface area contributed by atoms with Gasteiger partial charge in [-0.05, 0) is 30.7 Å². The minimum absolute atomic E-state index is 0.00622. The lowest BCUT2D eigenvalue weighted by molar-refractivity contribution is -0.113. The average molecular weight is 387 g/mol. The molecule has 0 bridgehead atoms. The molecule has 0 unspecified atom stereocenters. The number of carbonyl (C=O) groups is 1. The van der Waals surface area contributed by atoms with Gasteiger partial charge in [0.15, 0.2) is 0 Å². The van der Waals surface area contributed by atoms with Gasteiger partial charge in [-0.1, -0.05) is 66.2 Å². The van der Waals surface area contributed by atoms with Gasteiger partial charge in [0.25, 0.3) is 0 Å². The summed E-state index contributed by atoms with van der Waals surface area (Å²) in [4.78, 5) is 13.4. The van der Waals surface area contributed by atoms with E-state index in [0.29, 0.717) is 5.75 Å². The number of hydrogen-bond donors (Lipinski definition) is 1. The summed E-state index contributed by atoms with van der Waals surface area (Å²) in [5.74, 6) is 0.389. The SMILES string of the molecule is Cc1cccc(Cn2cc(SCC(=O)Nc3ccccc3)c3ccccc32)c1. The Morgan fingerprint density at radius 2 is 1.75 bits per heavy atom. The number of aryl methyl sites for hydroxylation is 1. The molecule has 3 nitrogen and oxygen atoms in total. The number of carbonyl (C=O) groups excluding carboxylic acids is 1. The number of nitrogens with zero attached hydrogens (tertiary/aromatic N) is 1. The summed E-state index contributed by atoms with van der Waals surface area (Å²) in [6.07, 6.45) is 2.16. The second kappa shape index (κ2) is 8.36. The van der Waals surface area contributed by atoms with Crippen LogP contribution in [-0.4, -0.2) is 16.2 Å². The zero-order chi connectivity index (χ0) is 19.3. The lowest BCUT2D eigenvalue weighted by atomic mass is 10.1. The van der Waals surface area contributed by atoms with Crippen LogP contribution in [0, 0.1) is 6.92 Å². The Labute approximate surface area is 169 Å². The van der Waals surface area contributed by atoms with Crippen LogP contribution in [0.15, 0.2) is 90.0 Å². The van der Waals surface area contributed by atoms with Crippen LogP contribution in [0.2, 0.25) is 0 Å². The van der Waals surface area contributed by atoms with Crippen LogP contribution in [0.3, 0.4) is 0 Å². The van der Waals surface area contributed by atoms with Crippen molar-refractivity contribution >= 4 is 34.3 Å². The minimum Gasteiger partial charge on any atom is -0.342 e. The fourth-order valence-corrected chi connectivity index (χ4v) is 4.22. The van der Waals surface area contributed by atoms with Gasteiger partial charge >= 0.3 is 0 Å². The first-order valence-corrected chi connectivity index (χ1v) is 10.3. The van der Waals surface area contributed by atoms with Crippen LogP contribution in [0.1, 0.15) is 11.1 Å². The van der Waals surface area contributed by atoms with E-state index in [2.05, 4.69) is 65.5 Å². The van der Waals surface area contributed by atoms with E-state index in [4.69, 9.17) is 0 Å². The lowest BCUT2D eigenvalue weighted by Crippen LogP contribution is -2.13. The second-order valence-electron chi connectivity index (χ2n) is 6.83. The number of fused-ring (bicyclic) bond motifs is 1. The van der Waals surface area contributed by atoms with Crippen molar-refractivity contribution in [1.82, 2.24) is 4.57 Å². The summed E-state index contributed by atoms with van der Waals surface area (Å²) in [7, 11) is 0. The maximum atomic E-state index is 12.3. The molecule has 0 aliphatic rings. The van der Waals surface area contributed by atoms with E-state index in [0.717, 1.165) is 17.1 Å². The van der Waals surface area contributed by atoms with E-state index < -0.39 is 0 Å². The summed E-state index contributed by atoms with van der Waals surface area (Å²) in [5, 5.41) is 4.13.